The first-order chi connectivity index (χ1) is 7.24. The summed E-state index contributed by atoms with van der Waals surface area (Å²) in [6.07, 6.45) is 1.11. The summed E-state index contributed by atoms with van der Waals surface area (Å²) in [7, 11) is 0. The third-order valence-corrected chi connectivity index (χ3v) is 4.23. The summed E-state index contributed by atoms with van der Waals surface area (Å²) in [5.41, 5.74) is 0. The summed E-state index contributed by atoms with van der Waals surface area (Å²) in [5, 5.41) is 11.9. The minimum atomic E-state index is -0.307. The summed E-state index contributed by atoms with van der Waals surface area (Å²) >= 11 is 9.05. The quantitative estimate of drug-likeness (QED) is 0.888. The molecule has 15 heavy (non-hydrogen) atoms. The molecule has 1 unspecified atom stereocenters. The fraction of sp³-hybridized carbons (Fsp3) is 0.273. The van der Waals surface area contributed by atoms with Crippen LogP contribution in [0.4, 0.5) is 0 Å². The van der Waals surface area contributed by atoms with Gasteiger partial charge in [0.1, 0.15) is 0 Å². The zero-order valence-corrected chi connectivity index (χ0v) is 10.4. The van der Waals surface area contributed by atoms with Gasteiger partial charge in [0, 0.05) is 22.6 Å². The van der Waals surface area contributed by atoms with Crippen molar-refractivity contribution in [3.63, 3.8) is 0 Å². The molecule has 1 nitrogen and oxygen atoms in total. The van der Waals surface area contributed by atoms with Crippen molar-refractivity contribution in [2.24, 2.45) is 0 Å². The van der Waals surface area contributed by atoms with Crippen LogP contribution in [0, 0.1) is 0 Å². The van der Waals surface area contributed by atoms with Gasteiger partial charge < -0.3 is 5.11 Å². The highest BCUT2D eigenvalue weighted by atomic mass is 35.5. The van der Waals surface area contributed by atoms with Crippen molar-refractivity contribution in [2.45, 2.75) is 18.9 Å². The van der Waals surface area contributed by atoms with E-state index in [4.69, 9.17) is 11.6 Å². The van der Waals surface area contributed by atoms with Gasteiger partial charge in [-0.15, -0.1) is 22.7 Å². The van der Waals surface area contributed by atoms with Gasteiger partial charge in [-0.25, -0.2) is 0 Å². The first kappa shape index (κ1) is 11.1. The second-order valence-electron chi connectivity index (χ2n) is 3.35. The first-order valence-corrected chi connectivity index (χ1v) is 6.76. The number of hydrogen-bond donors (Lipinski definition) is 1. The highest BCUT2D eigenvalue weighted by Gasteiger charge is 2.09. The molecule has 0 aliphatic carbocycles. The summed E-state index contributed by atoms with van der Waals surface area (Å²) in [5.74, 6) is 0. The zero-order chi connectivity index (χ0) is 10.7. The van der Waals surface area contributed by atoms with Gasteiger partial charge in [0.2, 0.25) is 0 Å². The van der Waals surface area contributed by atoms with Crippen LogP contribution in [0.15, 0.2) is 29.6 Å². The molecular weight excluding hydrogens is 248 g/mol. The van der Waals surface area contributed by atoms with E-state index in [2.05, 4.69) is 6.07 Å². The summed E-state index contributed by atoms with van der Waals surface area (Å²) in [4.78, 5) is 2.37. The van der Waals surface area contributed by atoms with Gasteiger partial charge in [0.25, 0.3) is 0 Å². The molecule has 0 amide bonds. The molecular formula is C11H11ClOS2. The number of hydrogen-bond acceptors (Lipinski definition) is 3. The summed E-state index contributed by atoms with van der Waals surface area (Å²) < 4.78 is 0.785. The predicted molar refractivity (Wildman–Crippen MR) is 67.1 cm³/mol. The Hall–Kier alpha value is -0.350. The van der Waals surface area contributed by atoms with Gasteiger partial charge in [-0.3, -0.25) is 0 Å². The Morgan fingerprint density at radius 2 is 2.00 bits per heavy atom. The Balaban J connectivity index is 1.90. The molecule has 0 radical (unpaired) electrons. The Labute approximate surface area is 102 Å². The molecule has 80 valence electrons. The summed E-state index contributed by atoms with van der Waals surface area (Å²) in [6, 6.07) is 7.91. The lowest BCUT2D eigenvalue weighted by Crippen LogP contribution is -2.12. The number of rotatable bonds is 4. The topological polar surface area (TPSA) is 20.2 Å². The van der Waals surface area contributed by atoms with Crippen LogP contribution in [-0.2, 0) is 12.8 Å². The van der Waals surface area contributed by atoms with E-state index in [1.807, 2.05) is 23.6 Å². The normalized spacial score (nSPS) is 12.9. The average Bonchev–Trinajstić information content (AvgIpc) is 2.77. The van der Waals surface area contributed by atoms with E-state index in [0.717, 1.165) is 15.6 Å². The van der Waals surface area contributed by atoms with E-state index in [9.17, 15) is 5.11 Å². The Morgan fingerprint density at radius 1 is 1.20 bits per heavy atom. The molecule has 2 heterocycles. The van der Waals surface area contributed by atoms with Crippen LogP contribution < -0.4 is 0 Å². The van der Waals surface area contributed by atoms with E-state index in [-0.39, 0.29) is 6.10 Å². The lowest BCUT2D eigenvalue weighted by molar-refractivity contribution is 0.177. The lowest BCUT2D eigenvalue weighted by atomic mass is 10.1. The second-order valence-corrected chi connectivity index (χ2v) is 6.18. The van der Waals surface area contributed by atoms with E-state index < -0.39 is 0 Å². The van der Waals surface area contributed by atoms with Gasteiger partial charge in [0.05, 0.1) is 10.4 Å². The van der Waals surface area contributed by atoms with Crippen molar-refractivity contribution in [1.29, 1.82) is 0 Å². The maximum absolute atomic E-state index is 9.85. The third kappa shape index (κ3) is 3.31. The van der Waals surface area contributed by atoms with Crippen molar-refractivity contribution >= 4 is 34.3 Å². The standard InChI is InChI=1S/C11H11ClOS2/c12-11-4-3-10(15-11)7-8(13)6-9-2-1-5-14-9/h1-5,8,13H,6-7H2. The van der Waals surface area contributed by atoms with Crippen LogP contribution >= 0.6 is 34.3 Å². The molecule has 0 bridgehead atoms. The Morgan fingerprint density at radius 3 is 2.60 bits per heavy atom. The molecule has 1 atom stereocenters. The van der Waals surface area contributed by atoms with Crippen LogP contribution in [-0.4, -0.2) is 11.2 Å². The molecule has 0 fully saturated rings. The van der Waals surface area contributed by atoms with Crippen molar-refractivity contribution in [2.75, 3.05) is 0 Å². The minimum Gasteiger partial charge on any atom is -0.392 e. The molecule has 2 aromatic rings. The van der Waals surface area contributed by atoms with Gasteiger partial charge >= 0.3 is 0 Å². The average molecular weight is 259 g/mol. The van der Waals surface area contributed by atoms with E-state index in [1.165, 1.54) is 16.2 Å². The van der Waals surface area contributed by atoms with Crippen molar-refractivity contribution < 1.29 is 5.11 Å². The Bertz CT molecular complexity index is 408. The highest BCUT2D eigenvalue weighted by molar-refractivity contribution is 7.16. The highest BCUT2D eigenvalue weighted by Crippen LogP contribution is 2.23. The van der Waals surface area contributed by atoms with Crippen LogP contribution in [0.1, 0.15) is 9.75 Å². The zero-order valence-electron chi connectivity index (χ0n) is 8.02. The number of thiophene rings is 2. The lowest BCUT2D eigenvalue weighted by Gasteiger charge is -2.06. The van der Waals surface area contributed by atoms with Gasteiger partial charge in [-0.2, -0.15) is 0 Å². The fourth-order valence-corrected chi connectivity index (χ4v) is 3.36. The summed E-state index contributed by atoms with van der Waals surface area (Å²) in [6.45, 7) is 0. The maximum Gasteiger partial charge on any atom is 0.0931 e. The molecule has 2 rings (SSSR count). The van der Waals surface area contributed by atoms with Gasteiger partial charge in [-0.05, 0) is 23.6 Å². The maximum atomic E-state index is 9.85. The molecule has 0 aromatic carbocycles. The van der Waals surface area contributed by atoms with Crippen molar-refractivity contribution in [1.82, 2.24) is 0 Å². The molecule has 0 saturated carbocycles. The largest absolute Gasteiger partial charge is 0.392 e. The van der Waals surface area contributed by atoms with Crippen molar-refractivity contribution in [3.8, 4) is 0 Å². The van der Waals surface area contributed by atoms with Gasteiger partial charge in [-0.1, -0.05) is 17.7 Å². The van der Waals surface area contributed by atoms with Crippen LogP contribution in [0.3, 0.4) is 0 Å². The molecule has 0 aliphatic heterocycles. The van der Waals surface area contributed by atoms with E-state index >= 15 is 0 Å². The smallest absolute Gasteiger partial charge is 0.0931 e. The molecule has 0 spiro atoms. The predicted octanol–water partition coefficient (Wildman–Crippen LogP) is 3.61. The second kappa shape index (κ2) is 5.12. The number of aliphatic hydroxyl groups excluding tert-OH is 1. The molecule has 0 saturated heterocycles. The first-order valence-electron chi connectivity index (χ1n) is 4.68. The monoisotopic (exact) mass is 258 g/mol. The third-order valence-electron chi connectivity index (χ3n) is 2.08. The number of halogens is 1. The molecule has 2 aromatic heterocycles. The number of aliphatic hydroxyl groups is 1. The molecule has 0 aliphatic rings. The SMILES string of the molecule is OC(Cc1cccs1)Cc1ccc(Cl)s1. The molecule has 4 heteroatoms. The van der Waals surface area contributed by atoms with Crippen LogP contribution in [0.2, 0.25) is 4.34 Å². The van der Waals surface area contributed by atoms with Gasteiger partial charge in [0.15, 0.2) is 0 Å². The van der Waals surface area contributed by atoms with Crippen LogP contribution in [0.5, 0.6) is 0 Å². The minimum absolute atomic E-state index is 0.307. The fourth-order valence-electron chi connectivity index (χ4n) is 1.43. The molecule has 1 N–H and O–H groups in total. The van der Waals surface area contributed by atoms with Crippen LogP contribution in [0.25, 0.3) is 0 Å². The van der Waals surface area contributed by atoms with E-state index in [1.54, 1.807) is 11.3 Å². The van der Waals surface area contributed by atoms with Crippen molar-refractivity contribution in [3.05, 3.63) is 43.7 Å². The Kier molecular flexibility index (Phi) is 3.81. The van der Waals surface area contributed by atoms with E-state index in [0.29, 0.717) is 6.42 Å².